The molecule has 2 aliphatic heterocycles. The van der Waals surface area contributed by atoms with Crippen LogP contribution < -0.4 is 14.8 Å². The summed E-state index contributed by atoms with van der Waals surface area (Å²) in [4.78, 5) is 0.207. The van der Waals surface area contributed by atoms with Gasteiger partial charge < -0.3 is 14.8 Å². The van der Waals surface area contributed by atoms with Gasteiger partial charge in [-0.1, -0.05) is 0 Å². The molecule has 1 aromatic carbocycles. The molecule has 116 valence electrons. The Morgan fingerprint density at radius 2 is 1.81 bits per heavy atom. The van der Waals surface area contributed by atoms with Crippen LogP contribution in [0.5, 0.6) is 11.5 Å². The third-order valence-corrected chi connectivity index (χ3v) is 6.22. The lowest BCUT2D eigenvalue weighted by Gasteiger charge is -2.19. The summed E-state index contributed by atoms with van der Waals surface area (Å²) in [7, 11) is -0.516. The molecular formula is C14H20N2O4S. The van der Waals surface area contributed by atoms with Crippen molar-refractivity contribution in [2.24, 2.45) is 11.8 Å². The van der Waals surface area contributed by atoms with Gasteiger partial charge in [-0.3, -0.25) is 0 Å². The van der Waals surface area contributed by atoms with E-state index in [1.54, 1.807) is 22.5 Å². The summed E-state index contributed by atoms with van der Waals surface area (Å²) in [5, 5.41) is 3.31. The maximum atomic E-state index is 12.8. The highest BCUT2D eigenvalue weighted by Gasteiger charge is 2.42. The topological polar surface area (TPSA) is 67.9 Å². The van der Waals surface area contributed by atoms with E-state index >= 15 is 0 Å². The van der Waals surface area contributed by atoms with Crippen molar-refractivity contribution in [3.8, 4) is 11.5 Å². The summed E-state index contributed by atoms with van der Waals surface area (Å²) in [5.41, 5.74) is 0. The molecule has 2 fully saturated rings. The summed E-state index contributed by atoms with van der Waals surface area (Å²) < 4.78 is 37.6. The first-order valence-corrected chi connectivity index (χ1v) is 8.43. The van der Waals surface area contributed by atoms with Crippen LogP contribution in [0.3, 0.4) is 0 Å². The molecule has 3 rings (SSSR count). The highest BCUT2D eigenvalue weighted by atomic mass is 32.2. The minimum absolute atomic E-state index is 0.207. The molecule has 0 bridgehead atoms. The Morgan fingerprint density at radius 1 is 1.14 bits per heavy atom. The average molecular weight is 312 g/mol. The second-order valence-electron chi connectivity index (χ2n) is 5.52. The summed E-state index contributed by atoms with van der Waals surface area (Å²) in [5.74, 6) is 1.74. The molecule has 1 N–H and O–H groups in total. The number of hydrogen-bond donors (Lipinski definition) is 1. The van der Waals surface area contributed by atoms with Crippen LogP contribution in [-0.2, 0) is 10.0 Å². The predicted octanol–water partition coefficient (Wildman–Crippen LogP) is 0.544. The Bertz CT molecular complexity index is 620. The molecule has 1 aromatic rings. The molecule has 2 unspecified atom stereocenters. The van der Waals surface area contributed by atoms with Gasteiger partial charge in [-0.05, 0) is 37.1 Å². The van der Waals surface area contributed by atoms with Crippen LogP contribution >= 0.6 is 0 Å². The van der Waals surface area contributed by atoms with Crippen LogP contribution in [-0.4, -0.2) is 53.1 Å². The maximum absolute atomic E-state index is 12.8. The van der Waals surface area contributed by atoms with Crippen molar-refractivity contribution >= 4 is 10.0 Å². The fourth-order valence-electron chi connectivity index (χ4n) is 3.14. The van der Waals surface area contributed by atoms with E-state index in [9.17, 15) is 8.42 Å². The molecule has 0 spiro atoms. The minimum Gasteiger partial charge on any atom is -0.497 e. The second kappa shape index (κ2) is 5.47. The Morgan fingerprint density at radius 3 is 2.38 bits per heavy atom. The third-order valence-electron chi connectivity index (χ3n) is 4.34. The number of sulfonamides is 1. The van der Waals surface area contributed by atoms with Gasteiger partial charge in [0.1, 0.15) is 16.4 Å². The molecule has 2 saturated heterocycles. The Hall–Kier alpha value is -1.31. The standard InChI is InChI=1S/C14H20N2O4S/c1-19-12-3-4-14(13(5-12)20-2)21(17,18)16-8-10-6-15-7-11(10)9-16/h3-5,10-11,15H,6-9H2,1-2H3. The normalized spacial score (nSPS) is 25.8. The van der Waals surface area contributed by atoms with Gasteiger partial charge in [-0.15, -0.1) is 0 Å². The van der Waals surface area contributed by atoms with Crippen LogP contribution in [0.25, 0.3) is 0 Å². The second-order valence-corrected chi connectivity index (χ2v) is 7.42. The van der Waals surface area contributed by atoms with Gasteiger partial charge in [0.15, 0.2) is 0 Å². The van der Waals surface area contributed by atoms with E-state index in [2.05, 4.69) is 5.32 Å². The summed E-state index contributed by atoms with van der Waals surface area (Å²) in [6.45, 7) is 2.96. The molecule has 7 heteroatoms. The van der Waals surface area contributed by atoms with Crippen LogP contribution in [0.15, 0.2) is 23.1 Å². The number of ether oxygens (including phenoxy) is 2. The Labute approximate surface area is 125 Å². The van der Waals surface area contributed by atoms with E-state index in [0.29, 0.717) is 36.4 Å². The van der Waals surface area contributed by atoms with Crippen LogP contribution in [0.2, 0.25) is 0 Å². The van der Waals surface area contributed by atoms with E-state index in [4.69, 9.17) is 9.47 Å². The first kappa shape index (κ1) is 14.6. The number of benzene rings is 1. The van der Waals surface area contributed by atoms with Crippen molar-refractivity contribution < 1.29 is 17.9 Å². The molecule has 6 nitrogen and oxygen atoms in total. The van der Waals surface area contributed by atoms with Crippen molar-refractivity contribution in [3.63, 3.8) is 0 Å². The molecule has 0 amide bonds. The molecule has 21 heavy (non-hydrogen) atoms. The van der Waals surface area contributed by atoms with Crippen LogP contribution in [0.4, 0.5) is 0 Å². The molecule has 0 aliphatic carbocycles. The lowest BCUT2D eigenvalue weighted by molar-refractivity contribution is 0.382. The van der Waals surface area contributed by atoms with Gasteiger partial charge in [0, 0.05) is 19.2 Å². The number of rotatable bonds is 4. The van der Waals surface area contributed by atoms with Crippen molar-refractivity contribution in [3.05, 3.63) is 18.2 Å². The summed E-state index contributed by atoms with van der Waals surface area (Å²) >= 11 is 0. The number of nitrogens with one attached hydrogen (secondary N) is 1. The fraction of sp³-hybridized carbons (Fsp3) is 0.571. The predicted molar refractivity (Wildman–Crippen MR) is 78.2 cm³/mol. The molecule has 0 aromatic heterocycles. The molecule has 2 aliphatic rings. The molecule has 2 heterocycles. The zero-order valence-corrected chi connectivity index (χ0v) is 13.0. The Kier molecular flexibility index (Phi) is 3.81. The lowest BCUT2D eigenvalue weighted by Crippen LogP contribution is -2.32. The zero-order valence-electron chi connectivity index (χ0n) is 12.2. The quantitative estimate of drug-likeness (QED) is 0.879. The fourth-order valence-corrected chi connectivity index (χ4v) is 4.83. The number of nitrogens with zero attached hydrogens (tertiary/aromatic N) is 1. The van der Waals surface area contributed by atoms with Gasteiger partial charge in [-0.2, -0.15) is 4.31 Å². The SMILES string of the molecule is COc1ccc(S(=O)(=O)N2CC3CNCC3C2)c(OC)c1. The van der Waals surface area contributed by atoms with Gasteiger partial charge in [0.05, 0.1) is 14.2 Å². The number of hydrogen-bond acceptors (Lipinski definition) is 5. The van der Waals surface area contributed by atoms with Gasteiger partial charge in [-0.25, -0.2) is 8.42 Å². The van der Waals surface area contributed by atoms with Crippen LogP contribution in [0.1, 0.15) is 0 Å². The van der Waals surface area contributed by atoms with E-state index in [1.807, 2.05) is 0 Å². The minimum atomic E-state index is -3.52. The van der Waals surface area contributed by atoms with Crippen molar-refractivity contribution in [2.75, 3.05) is 40.4 Å². The number of methoxy groups -OCH3 is 2. The van der Waals surface area contributed by atoms with E-state index in [1.165, 1.54) is 14.2 Å². The number of fused-ring (bicyclic) bond motifs is 1. The average Bonchev–Trinajstić information content (AvgIpc) is 3.08. The molecule has 0 radical (unpaired) electrons. The zero-order chi connectivity index (χ0) is 15.0. The summed E-state index contributed by atoms with van der Waals surface area (Å²) in [6.07, 6.45) is 0. The molecular weight excluding hydrogens is 292 g/mol. The van der Waals surface area contributed by atoms with Crippen molar-refractivity contribution in [1.82, 2.24) is 9.62 Å². The Balaban J connectivity index is 1.92. The van der Waals surface area contributed by atoms with Crippen molar-refractivity contribution in [2.45, 2.75) is 4.90 Å². The van der Waals surface area contributed by atoms with Gasteiger partial charge >= 0.3 is 0 Å². The lowest BCUT2D eigenvalue weighted by atomic mass is 10.0. The van der Waals surface area contributed by atoms with E-state index in [0.717, 1.165) is 13.1 Å². The maximum Gasteiger partial charge on any atom is 0.246 e. The summed E-state index contributed by atoms with van der Waals surface area (Å²) in [6, 6.07) is 4.80. The third kappa shape index (κ3) is 2.49. The smallest absolute Gasteiger partial charge is 0.246 e. The van der Waals surface area contributed by atoms with Gasteiger partial charge in [0.2, 0.25) is 10.0 Å². The van der Waals surface area contributed by atoms with Gasteiger partial charge in [0.25, 0.3) is 0 Å². The van der Waals surface area contributed by atoms with Crippen molar-refractivity contribution in [1.29, 1.82) is 0 Å². The first-order valence-electron chi connectivity index (χ1n) is 6.99. The van der Waals surface area contributed by atoms with Crippen LogP contribution in [0, 0.1) is 11.8 Å². The first-order chi connectivity index (χ1) is 10.1. The highest BCUT2D eigenvalue weighted by Crippen LogP contribution is 2.35. The molecule has 2 atom stereocenters. The molecule has 0 saturated carbocycles. The monoisotopic (exact) mass is 312 g/mol. The highest BCUT2D eigenvalue weighted by molar-refractivity contribution is 7.89. The van der Waals surface area contributed by atoms with E-state index in [-0.39, 0.29) is 4.90 Å². The largest absolute Gasteiger partial charge is 0.497 e. The van der Waals surface area contributed by atoms with E-state index < -0.39 is 10.0 Å².